The van der Waals surface area contributed by atoms with Crippen LogP contribution in [0.2, 0.25) is 5.02 Å². The van der Waals surface area contributed by atoms with Gasteiger partial charge in [0.25, 0.3) is 5.91 Å². The number of carboxylic acid groups (broad SMARTS) is 1. The van der Waals surface area contributed by atoms with E-state index >= 15 is 0 Å². The first-order chi connectivity index (χ1) is 11.9. The molecule has 134 valence electrons. The minimum absolute atomic E-state index is 0.0132. The van der Waals surface area contributed by atoms with Gasteiger partial charge in [0, 0.05) is 24.5 Å². The molecule has 9 heteroatoms. The highest BCUT2D eigenvalue weighted by atomic mass is 35.5. The lowest BCUT2D eigenvalue weighted by Crippen LogP contribution is -2.25. The van der Waals surface area contributed by atoms with E-state index in [2.05, 4.69) is 15.3 Å². The molecule has 0 aliphatic rings. The molecule has 0 radical (unpaired) electrons. The van der Waals surface area contributed by atoms with Crippen molar-refractivity contribution in [2.45, 2.75) is 20.3 Å². The first-order valence-corrected chi connectivity index (χ1v) is 8.86. The first-order valence-electron chi connectivity index (χ1n) is 7.61. The summed E-state index contributed by atoms with van der Waals surface area (Å²) in [6.07, 6.45) is 1.85. The number of carboxylic acids is 1. The highest BCUT2D eigenvalue weighted by Gasteiger charge is 2.12. The number of nitrogens with one attached hydrogen (secondary N) is 1. The maximum Gasteiger partial charge on any atom is 0.355 e. The van der Waals surface area contributed by atoms with E-state index < -0.39 is 5.97 Å². The van der Waals surface area contributed by atoms with Crippen molar-refractivity contribution < 1.29 is 19.4 Å². The lowest BCUT2D eigenvalue weighted by Gasteiger charge is -2.10. The average molecular weight is 384 g/mol. The summed E-state index contributed by atoms with van der Waals surface area (Å²) in [6, 6.07) is 1.51. The average Bonchev–Trinajstić information content (AvgIpc) is 3.02. The summed E-state index contributed by atoms with van der Waals surface area (Å²) >= 11 is 7.33. The van der Waals surface area contributed by atoms with Crippen molar-refractivity contribution >= 4 is 34.8 Å². The molecule has 2 rings (SSSR count). The van der Waals surface area contributed by atoms with E-state index in [0.29, 0.717) is 41.9 Å². The summed E-state index contributed by atoms with van der Waals surface area (Å²) in [7, 11) is 0. The van der Waals surface area contributed by atoms with Gasteiger partial charge in [0.2, 0.25) is 5.88 Å². The number of ether oxygens (including phenoxy) is 1. The summed E-state index contributed by atoms with van der Waals surface area (Å²) in [5, 5.41) is 13.9. The van der Waals surface area contributed by atoms with Crippen LogP contribution >= 0.6 is 22.9 Å². The number of amides is 1. The molecule has 0 atom stereocenters. The van der Waals surface area contributed by atoms with E-state index in [9.17, 15) is 9.59 Å². The van der Waals surface area contributed by atoms with Gasteiger partial charge < -0.3 is 15.2 Å². The molecule has 2 aromatic heterocycles. The number of rotatable bonds is 8. The number of aromatic nitrogens is 2. The number of pyridine rings is 1. The number of carbonyl (C=O) groups excluding carboxylic acids is 1. The van der Waals surface area contributed by atoms with Crippen molar-refractivity contribution in [1.82, 2.24) is 15.3 Å². The highest BCUT2D eigenvalue weighted by Crippen LogP contribution is 2.23. The SMILES string of the molecule is CC(C)COc1ncc(C(=O)NCCc2nc(C(=O)O)cs2)cc1Cl. The smallest absolute Gasteiger partial charge is 0.355 e. The predicted octanol–water partition coefficient (Wildman–Crippen LogP) is 2.90. The molecule has 0 spiro atoms. The van der Waals surface area contributed by atoms with Gasteiger partial charge in [0.1, 0.15) is 5.02 Å². The van der Waals surface area contributed by atoms with Crippen molar-refractivity contribution in [2.75, 3.05) is 13.2 Å². The van der Waals surface area contributed by atoms with E-state index in [4.69, 9.17) is 21.4 Å². The Morgan fingerprint density at radius 2 is 2.20 bits per heavy atom. The molecule has 2 heterocycles. The molecule has 0 saturated carbocycles. The fourth-order valence-corrected chi connectivity index (χ4v) is 2.80. The maximum absolute atomic E-state index is 12.1. The Hall–Kier alpha value is -2.19. The third kappa shape index (κ3) is 5.68. The topological polar surface area (TPSA) is 101 Å². The Morgan fingerprint density at radius 1 is 1.44 bits per heavy atom. The molecular weight excluding hydrogens is 366 g/mol. The summed E-state index contributed by atoms with van der Waals surface area (Å²) in [5.41, 5.74) is 0.339. The van der Waals surface area contributed by atoms with Crippen molar-refractivity contribution in [3.8, 4) is 5.88 Å². The van der Waals surface area contributed by atoms with Gasteiger partial charge in [-0.05, 0) is 12.0 Å². The van der Waals surface area contributed by atoms with Crippen LogP contribution in [0.25, 0.3) is 0 Å². The van der Waals surface area contributed by atoms with Gasteiger partial charge in [0.15, 0.2) is 5.69 Å². The Kier molecular flexibility index (Phi) is 6.72. The number of carbonyl (C=O) groups is 2. The lowest BCUT2D eigenvalue weighted by molar-refractivity contribution is 0.0690. The second-order valence-electron chi connectivity index (χ2n) is 5.65. The first kappa shape index (κ1) is 19.1. The third-order valence-electron chi connectivity index (χ3n) is 3.02. The normalized spacial score (nSPS) is 10.7. The number of nitrogens with zero attached hydrogens (tertiary/aromatic N) is 2. The molecule has 0 aliphatic heterocycles. The van der Waals surface area contributed by atoms with Gasteiger partial charge in [0.05, 0.1) is 17.2 Å². The number of hydrogen-bond donors (Lipinski definition) is 2. The molecule has 25 heavy (non-hydrogen) atoms. The highest BCUT2D eigenvalue weighted by molar-refractivity contribution is 7.09. The molecule has 0 aromatic carbocycles. The number of halogens is 1. The van der Waals surface area contributed by atoms with E-state index in [1.54, 1.807) is 0 Å². The minimum atomic E-state index is -1.06. The van der Waals surface area contributed by atoms with Crippen molar-refractivity contribution in [3.05, 3.63) is 38.9 Å². The van der Waals surface area contributed by atoms with E-state index in [1.807, 2.05) is 13.8 Å². The zero-order valence-corrected chi connectivity index (χ0v) is 15.4. The summed E-state index contributed by atoms with van der Waals surface area (Å²) < 4.78 is 5.46. The number of aromatic carboxylic acids is 1. The summed E-state index contributed by atoms with van der Waals surface area (Å²) in [6.45, 7) is 4.84. The van der Waals surface area contributed by atoms with Crippen LogP contribution < -0.4 is 10.1 Å². The quantitative estimate of drug-likeness (QED) is 0.726. The Labute approximate surface area is 154 Å². The predicted molar refractivity (Wildman–Crippen MR) is 94.7 cm³/mol. The molecule has 0 fully saturated rings. The van der Waals surface area contributed by atoms with Gasteiger partial charge in [-0.25, -0.2) is 14.8 Å². The van der Waals surface area contributed by atoms with Crippen LogP contribution in [0.3, 0.4) is 0 Å². The largest absolute Gasteiger partial charge is 0.476 e. The van der Waals surface area contributed by atoms with Gasteiger partial charge in [-0.3, -0.25) is 4.79 Å². The van der Waals surface area contributed by atoms with E-state index in [0.717, 1.165) is 0 Å². The number of thiazole rings is 1. The number of hydrogen-bond acceptors (Lipinski definition) is 6. The van der Waals surface area contributed by atoms with Crippen LogP contribution in [-0.4, -0.2) is 40.1 Å². The standard InChI is InChI=1S/C16H18ClN3O4S/c1-9(2)7-24-15-11(17)5-10(6-19-15)14(21)18-4-3-13-20-12(8-25-13)16(22)23/h5-6,8-9H,3-4,7H2,1-2H3,(H,18,21)(H,22,23). The van der Waals surface area contributed by atoms with Gasteiger partial charge in [-0.1, -0.05) is 25.4 Å². The monoisotopic (exact) mass is 383 g/mol. The van der Waals surface area contributed by atoms with E-state index in [1.165, 1.54) is 29.0 Å². The molecule has 0 aliphatic carbocycles. The maximum atomic E-state index is 12.1. The molecule has 0 unspecified atom stereocenters. The molecule has 0 saturated heterocycles. The third-order valence-corrected chi connectivity index (χ3v) is 4.20. The molecule has 1 amide bonds. The second-order valence-corrected chi connectivity index (χ2v) is 7.00. The minimum Gasteiger partial charge on any atom is -0.476 e. The van der Waals surface area contributed by atoms with Gasteiger partial charge >= 0.3 is 5.97 Å². The molecule has 2 N–H and O–H groups in total. The zero-order chi connectivity index (χ0) is 18.4. The van der Waals surface area contributed by atoms with E-state index in [-0.39, 0.29) is 16.6 Å². The fourth-order valence-electron chi connectivity index (χ4n) is 1.81. The Morgan fingerprint density at radius 3 is 2.80 bits per heavy atom. The summed E-state index contributed by atoms with van der Waals surface area (Å²) in [5.74, 6) is -0.740. The molecular formula is C16H18ClN3O4S. The molecule has 0 bridgehead atoms. The van der Waals surface area contributed by atoms with Crippen molar-refractivity contribution in [1.29, 1.82) is 0 Å². The molecule has 2 aromatic rings. The Bertz CT molecular complexity index is 764. The molecule has 7 nitrogen and oxygen atoms in total. The summed E-state index contributed by atoms with van der Waals surface area (Å²) in [4.78, 5) is 30.9. The van der Waals surface area contributed by atoms with Crippen LogP contribution in [0, 0.1) is 5.92 Å². The van der Waals surface area contributed by atoms with Crippen LogP contribution in [-0.2, 0) is 6.42 Å². The zero-order valence-electron chi connectivity index (χ0n) is 13.8. The van der Waals surface area contributed by atoms with Crippen molar-refractivity contribution in [2.24, 2.45) is 5.92 Å². The van der Waals surface area contributed by atoms with Crippen LogP contribution in [0.1, 0.15) is 39.7 Å². The van der Waals surface area contributed by atoms with Crippen LogP contribution in [0.5, 0.6) is 5.88 Å². The van der Waals surface area contributed by atoms with Crippen molar-refractivity contribution in [3.63, 3.8) is 0 Å². The second kappa shape index (κ2) is 8.77. The lowest BCUT2D eigenvalue weighted by atomic mass is 10.2. The Balaban J connectivity index is 1.87. The van der Waals surface area contributed by atoms with Crippen LogP contribution in [0.15, 0.2) is 17.6 Å². The van der Waals surface area contributed by atoms with Gasteiger partial charge in [-0.15, -0.1) is 11.3 Å². The van der Waals surface area contributed by atoms with Gasteiger partial charge in [-0.2, -0.15) is 0 Å². The van der Waals surface area contributed by atoms with Crippen LogP contribution in [0.4, 0.5) is 0 Å². The fraction of sp³-hybridized carbons (Fsp3) is 0.375.